The van der Waals surface area contributed by atoms with Crippen LogP contribution in [0.15, 0.2) is 53.5 Å². The predicted molar refractivity (Wildman–Crippen MR) is 102 cm³/mol. The quantitative estimate of drug-likeness (QED) is 0.735. The summed E-state index contributed by atoms with van der Waals surface area (Å²) in [5.41, 5.74) is 2.96. The van der Waals surface area contributed by atoms with Crippen molar-refractivity contribution in [2.24, 2.45) is 4.99 Å². The molecule has 3 aromatic rings. The Kier molecular flexibility index (Phi) is 4.46. The summed E-state index contributed by atoms with van der Waals surface area (Å²) >= 11 is 7.43. The van der Waals surface area contributed by atoms with Gasteiger partial charge in [-0.25, -0.2) is 4.98 Å². The lowest BCUT2D eigenvalue weighted by atomic mass is 10.0. The molecule has 2 N–H and O–H groups in total. The number of aromatic nitrogens is 2. The Hall–Kier alpha value is -2.31. The van der Waals surface area contributed by atoms with Crippen LogP contribution < -0.4 is 5.32 Å². The molecule has 2 aromatic carbocycles. The Labute approximate surface area is 153 Å². The summed E-state index contributed by atoms with van der Waals surface area (Å²) in [6.45, 7) is 0. The minimum absolute atomic E-state index is 0.0117. The van der Waals surface area contributed by atoms with Crippen molar-refractivity contribution in [1.82, 2.24) is 15.3 Å². The van der Waals surface area contributed by atoms with Gasteiger partial charge in [0, 0.05) is 11.4 Å². The smallest absolute Gasteiger partial charge is 0.236 e. The van der Waals surface area contributed by atoms with Crippen molar-refractivity contribution >= 4 is 45.5 Å². The fraction of sp³-hybridized carbons (Fsp3) is 0.167. The number of hydrogen-bond donors (Lipinski definition) is 2. The highest BCUT2D eigenvalue weighted by molar-refractivity contribution is 8.15. The number of H-pyrrole nitrogens is 1. The van der Waals surface area contributed by atoms with Gasteiger partial charge in [0.1, 0.15) is 5.82 Å². The second kappa shape index (κ2) is 6.90. The van der Waals surface area contributed by atoms with E-state index in [1.807, 2.05) is 48.5 Å². The number of aliphatic imine (C=N–C) groups is 1. The molecule has 2 heterocycles. The molecule has 4 rings (SSSR count). The van der Waals surface area contributed by atoms with E-state index in [0.29, 0.717) is 22.4 Å². The summed E-state index contributed by atoms with van der Waals surface area (Å²) in [7, 11) is 0. The lowest BCUT2D eigenvalue weighted by molar-refractivity contribution is -0.116. The second-order valence-electron chi connectivity index (χ2n) is 5.74. The Morgan fingerprint density at radius 3 is 2.72 bits per heavy atom. The number of amidine groups is 1. The van der Waals surface area contributed by atoms with E-state index >= 15 is 0 Å². The normalized spacial score (nSPS) is 17.2. The number of benzene rings is 2. The first-order chi connectivity index (χ1) is 12.2. The molecule has 0 spiro atoms. The highest BCUT2D eigenvalue weighted by Crippen LogP contribution is 2.26. The van der Waals surface area contributed by atoms with Gasteiger partial charge in [-0.2, -0.15) is 0 Å². The fourth-order valence-electron chi connectivity index (χ4n) is 2.74. The number of amides is 1. The number of halogens is 1. The lowest BCUT2D eigenvalue weighted by Gasteiger charge is -2.13. The molecular weight excluding hydrogens is 356 g/mol. The third-order valence-corrected chi connectivity index (χ3v) is 5.08. The minimum atomic E-state index is -0.154. The average molecular weight is 371 g/mol. The highest BCUT2D eigenvalue weighted by atomic mass is 35.5. The van der Waals surface area contributed by atoms with Crippen LogP contribution in [0.4, 0.5) is 0 Å². The van der Waals surface area contributed by atoms with Crippen LogP contribution in [-0.2, 0) is 11.2 Å². The van der Waals surface area contributed by atoms with Gasteiger partial charge in [0.05, 0.1) is 22.8 Å². The van der Waals surface area contributed by atoms with Crippen molar-refractivity contribution < 1.29 is 4.79 Å². The van der Waals surface area contributed by atoms with Crippen LogP contribution in [0, 0.1) is 0 Å². The Morgan fingerprint density at radius 2 is 2.00 bits per heavy atom. The van der Waals surface area contributed by atoms with Crippen molar-refractivity contribution in [1.29, 1.82) is 0 Å². The summed E-state index contributed by atoms with van der Waals surface area (Å²) in [5, 5.41) is 4.13. The second-order valence-corrected chi connectivity index (χ2v) is 7.14. The molecule has 25 heavy (non-hydrogen) atoms. The summed E-state index contributed by atoms with van der Waals surface area (Å²) in [4.78, 5) is 24.2. The summed E-state index contributed by atoms with van der Waals surface area (Å²) in [5.74, 6) is 1.26. The maximum absolute atomic E-state index is 11.4. The molecule has 1 atom stereocenters. The fourth-order valence-corrected chi connectivity index (χ4v) is 3.60. The molecule has 1 unspecified atom stereocenters. The van der Waals surface area contributed by atoms with Crippen LogP contribution in [0.25, 0.3) is 11.0 Å². The van der Waals surface area contributed by atoms with Gasteiger partial charge in [-0.15, -0.1) is 0 Å². The number of imidazole rings is 1. The number of aromatic amines is 1. The Balaban J connectivity index is 1.66. The molecule has 0 radical (unpaired) electrons. The zero-order chi connectivity index (χ0) is 17.2. The zero-order valence-electron chi connectivity index (χ0n) is 13.2. The van der Waals surface area contributed by atoms with Crippen molar-refractivity contribution in [3.05, 3.63) is 64.9 Å². The van der Waals surface area contributed by atoms with Crippen LogP contribution in [-0.4, -0.2) is 26.8 Å². The maximum atomic E-state index is 11.4. The molecule has 126 valence electrons. The van der Waals surface area contributed by atoms with E-state index in [0.717, 1.165) is 22.4 Å². The number of nitrogens with zero attached hydrogens (tertiary/aromatic N) is 2. The standard InChI is InChI=1S/C18H15ClN4OS/c19-12-7-5-11(6-8-12)15(22-18-23-17(24)10-25-18)9-16-20-13-3-1-2-4-14(13)21-16/h1-8,15H,9-10H2,(H,20,21)(H,22,23,24). The van der Waals surface area contributed by atoms with Gasteiger partial charge in [-0.05, 0) is 29.8 Å². The third-order valence-electron chi connectivity index (χ3n) is 3.94. The van der Waals surface area contributed by atoms with Gasteiger partial charge in [0.25, 0.3) is 0 Å². The van der Waals surface area contributed by atoms with Crippen LogP contribution in [0.2, 0.25) is 5.02 Å². The van der Waals surface area contributed by atoms with Gasteiger partial charge in [-0.3, -0.25) is 9.79 Å². The number of hydrogen-bond acceptors (Lipinski definition) is 4. The van der Waals surface area contributed by atoms with Crippen molar-refractivity contribution in [3.63, 3.8) is 0 Å². The van der Waals surface area contributed by atoms with Crippen LogP contribution in [0.1, 0.15) is 17.4 Å². The van der Waals surface area contributed by atoms with Gasteiger partial charge in [0.15, 0.2) is 5.17 Å². The van der Waals surface area contributed by atoms with Crippen LogP contribution in [0.3, 0.4) is 0 Å². The molecule has 1 aliphatic heterocycles. The molecular formula is C18H15ClN4OS. The lowest BCUT2D eigenvalue weighted by Crippen LogP contribution is -2.21. The molecule has 5 nitrogen and oxygen atoms in total. The molecule has 0 bridgehead atoms. The van der Waals surface area contributed by atoms with Crippen molar-refractivity contribution in [2.45, 2.75) is 12.5 Å². The van der Waals surface area contributed by atoms with Crippen LogP contribution >= 0.6 is 23.4 Å². The first-order valence-corrected chi connectivity index (χ1v) is 9.23. The predicted octanol–water partition coefficient (Wildman–Crippen LogP) is 3.72. The Bertz CT molecular complexity index is 918. The largest absolute Gasteiger partial charge is 0.342 e. The minimum Gasteiger partial charge on any atom is -0.342 e. The number of para-hydroxylation sites is 2. The van der Waals surface area contributed by atoms with E-state index in [1.165, 1.54) is 11.8 Å². The molecule has 7 heteroatoms. The molecule has 0 saturated carbocycles. The number of carbonyl (C=O) groups is 1. The SMILES string of the molecule is O=C1CSC(=NC(Cc2nc3ccccc3[nH]2)c2ccc(Cl)cc2)N1. The zero-order valence-corrected chi connectivity index (χ0v) is 14.8. The number of rotatable bonds is 4. The van der Waals surface area contributed by atoms with Crippen LogP contribution in [0.5, 0.6) is 0 Å². The van der Waals surface area contributed by atoms with E-state index in [1.54, 1.807) is 0 Å². The van der Waals surface area contributed by atoms with Gasteiger partial charge >= 0.3 is 0 Å². The monoisotopic (exact) mass is 370 g/mol. The molecule has 1 aliphatic rings. The number of carbonyl (C=O) groups excluding carboxylic acids is 1. The van der Waals surface area contributed by atoms with Gasteiger partial charge < -0.3 is 10.3 Å². The van der Waals surface area contributed by atoms with E-state index in [9.17, 15) is 4.79 Å². The molecule has 1 fully saturated rings. The first-order valence-electron chi connectivity index (χ1n) is 7.87. The Morgan fingerprint density at radius 1 is 1.20 bits per heavy atom. The first kappa shape index (κ1) is 16.2. The highest BCUT2D eigenvalue weighted by Gasteiger charge is 2.20. The molecule has 1 aromatic heterocycles. The number of thioether (sulfide) groups is 1. The maximum Gasteiger partial charge on any atom is 0.236 e. The van der Waals surface area contributed by atoms with Gasteiger partial charge in [-0.1, -0.05) is 47.6 Å². The van der Waals surface area contributed by atoms with Crippen molar-refractivity contribution in [3.8, 4) is 0 Å². The summed E-state index contributed by atoms with van der Waals surface area (Å²) < 4.78 is 0. The number of fused-ring (bicyclic) bond motifs is 1. The third kappa shape index (κ3) is 3.70. The van der Waals surface area contributed by atoms with Gasteiger partial charge in [0.2, 0.25) is 5.91 Å². The van der Waals surface area contributed by atoms with E-state index < -0.39 is 0 Å². The molecule has 1 amide bonds. The molecule has 0 aliphatic carbocycles. The van der Waals surface area contributed by atoms with Crippen molar-refractivity contribution in [2.75, 3.05) is 5.75 Å². The van der Waals surface area contributed by atoms with E-state index in [2.05, 4.69) is 15.3 Å². The summed E-state index contributed by atoms with van der Waals surface area (Å²) in [6.07, 6.45) is 0.607. The number of nitrogens with one attached hydrogen (secondary N) is 2. The topological polar surface area (TPSA) is 70.1 Å². The molecule has 1 saturated heterocycles. The summed E-state index contributed by atoms with van der Waals surface area (Å²) in [6, 6.07) is 15.4. The van der Waals surface area contributed by atoms with E-state index in [-0.39, 0.29) is 11.9 Å². The average Bonchev–Trinajstić information content (AvgIpc) is 3.20. The van der Waals surface area contributed by atoms with E-state index in [4.69, 9.17) is 16.6 Å².